The lowest BCUT2D eigenvalue weighted by Crippen LogP contribution is -2.00. The first-order valence-electron chi connectivity index (χ1n) is 4.70. The number of hydrogen-bond donors (Lipinski definition) is 2. The van der Waals surface area contributed by atoms with Crippen molar-refractivity contribution in [3.63, 3.8) is 0 Å². The molecule has 5 heteroatoms. The van der Waals surface area contributed by atoms with Crippen molar-refractivity contribution in [2.75, 3.05) is 12.4 Å². The Morgan fingerprint density at radius 2 is 1.88 bits per heavy atom. The van der Waals surface area contributed by atoms with E-state index in [1.165, 1.54) is 12.1 Å². The van der Waals surface area contributed by atoms with Gasteiger partial charge in [-0.05, 0) is 17.5 Å². The molecule has 0 saturated heterocycles. The summed E-state index contributed by atoms with van der Waals surface area (Å²) >= 11 is 0. The van der Waals surface area contributed by atoms with Crippen molar-refractivity contribution < 1.29 is 13.0 Å². The number of hydrogen-bond acceptors (Lipinski definition) is 3. The molecule has 2 aromatic carbocycles. The van der Waals surface area contributed by atoms with Crippen LogP contribution in [0.3, 0.4) is 0 Å². The quantitative estimate of drug-likeness (QED) is 0.785. The summed E-state index contributed by atoms with van der Waals surface area (Å²) in [4.78, 5) is -0.101. The van der Waals surface area contributed by atoms with Crippen LogP contribution in [0.15, 0.2) is 41.3 Å². The van der Waals surface area contributed by atoms with Gasteiger partial charge in [-0.25, -0.2) is 0 Å². The molecule has 0 bridgehead atoms. The van der Waals surface area contributed by atoms with E-state index in [-0.39, 0.29) is 4.90 Å². The molecule has 0 aliphatic heterocycles. The molecular formula is C11H11NO3S. The third-order valence-electron chi connectivity index (χ3n) is 2.40. The van der Waals surface area contributed by atoms with E-state index >= 15 is 0 Å². The molecule has 16 heavy (non-hydrogen) atoms. The Hall–Kier alpha value is -1.59. The van der Waals surface area contributed by atoms with Gasteiger partial charge in [0, 0.05) is 18.1 Å². The zero-order chi connectivity index (χ0) is 11.8. The average molecular weight is 237 g/mol. The van der Waals surface area contributed by atoms with Crippen LogP contribution in [0.25, 0.3) is 10.8 Å². The normalized spacial score (nSPS) is 11.6. The maximum absolute atomic E-state index is 11.1. The lowest BCUT2D eigenvalue weighted by molar-refractivity contribution is 0.483. The molecule has 0 aliphatic carbocycles. The molecule has 0 fully saturated rings. The Bertz CT molecular complexity index is 635. The number of rotatable bonds is 2. The maximum atomic E-state index is 11.1. The van der Waals surface area contributed by atoms with Gasteiger partial charge >= 0.3 is 0 Å². The predicted molar refractivity (Wildman–Crippen MR) is 63.3 cm³/mol. The fraction of sp³-hybridized carbons (Fsp3) is 0.0909. The third kappa shape index (κ3) is 1.87. The Balaban J connectivity index is 2.83. The van der Waals surface area contributed by atoms with Crippen molar-refractivity contribution in [2.45, 2.75) is 4.90 Å². The Morgan fingerprint density at radius 3 is 2.50 bits per heavy atom. The van der Waals surface area contributed by atoms with E-state index in [1.807, 2.05) is 18.2 Å². The van der Waals surface area contributed by atoms with E-state index in [0.717, 1.165) is 10.8 Å². The van der Waals surface area contributed by atoms with Crippen LogP contribution >= 0.6 is 0 Å². The SMILES string of the molecule is CNc1cc(S(=O)(=O)O)cc2ccccc12. The summed E-state index contributed by atoms with van der Waals surface area (Å²) in [5, 5.41) is 4.59. The standard InChI is InChI=1S/C11H11NO3S/c1-12-11-7-9(16(13,14)15)6-8-4-2-3-5-10(8)11/h2-7,12H,1H3,(H,13,14,15). The molecule has 2 aromatic rings. The minimum Gasteiger partial charge on any atom is -0.388 e. The van der Waals surface area contributed by atoms with Gasteiger partial charge in [0.05, 0.1) is 4.90 Å². The summed E-state index contributed by atoms with van der Waals surface area (Å²) in [5.74, 6) is 0. The fourth-order valence-corrected chi connectivity index (χ4v) is 2.18. The van der Waals surface area contributed by atoms with Gasteiger partial charge in [0.2, 0.25) is 0 Å². The Labute approximate surface area is 93.7 Å². The average Bonchev–Trinajstić information content (AvgIpc) is 2.26. The number of benzene rings is 2. The lowest BCUT2D eigenvalue weighted by atomic mass is 10.1. The summed E-state index contributed by atoms with van der Waals surface area (Å²) in [7, 11) is -2.46. The zero-order valence-corrected chi connectivity index (χ0v) is 9.45. The minimum atomic E-state index is -4.17. The van der Waals surface area contributed by atoms with Gasteiger partial charge in [-0.2, -0.15) is 8.42 Å². The van der Waals surface area contributed by atoms with Gasteiger partial charge in [-0.1, -0.05) is 24.3 Å². The molecule has 4 nitrogen and oxygen atoms in total. The highest BCUT2D eigenvalue weighted by atomic mass is 32.2. The van der Waals surface area contributed by atoms with Crippen LogP contribution in [-0.2, 0) is 10.1 Å². The van der Waals surface area contributed by atoms with Crippen molar-refractivity contribution in [1.82, 2.24) is 0 Å². The smallest absolute Gasteiger partial charge is 0.294 e. The second kappa shape index (κ2) is 3.77. The maximum Gasteiger partial charge on any atom is 0.294 e. The molecule has 2 N–H and O–H groups in total. The highest BCUT2D eigenvalue weighted by Gasteiger charge is 2.12. The largest absolute Gasteiger partial charge is 0.388 e. The summed E-state index contributed by atoms with van der Waals surface area (Å²) in [5.41, 5.74) is 0.672. The summed E-state index contributed by atoms with van der Waals surface area (Å²) < 4.78 is 31.2. The lowest BCUT2D eigenvalue weighted by Gasteiger charge is -2.08. The molecule has 0 radical (unpaired) electrons. The first kappa shape index (κ1) is 10.9. The molecule has 0 unspecified atom stereocenters. The molecule has 2 rings (SSSR count). The van der Waals surface area contributed by atoms with Gasteiger partial charge in [0.15, 0.2) is 0 Å². The van der Waals surface area contributed by atoms with Crippen LogP contribution in [0.2, 0.25) is 0 Å². The van der Waals surface area contributed by atoms with Crippen molar-refractivity contribution >= 4 is 26.6 Å². The predicted octanol–water partition coefficient (Wildman–Crippen LogP) is 2.13. The van der Waals surface area contributed by atoms with Crippen molar-refractivity contribution in [3.05, 3.63) is 36.4 Å². The molecule has 0 aliphatic rings. The molecule has 0 spiro atoms. The summed E-state index contributed by atoms with van der Waals surface area (Å²) in [6.45, 7) is 0. The first-order chi connectivity index (χ1) is 7.52. The summed E-state index contributed by atoms with van der Waals surface area (Å²) in [6, 6.07) is 10.2. The van der Waals surface area contributed by atoms with Crippen LogP contribution in [0, 0.1) is 0 Å². The second-order valence-electron chi connectivity index (χ2n) is 3.42. The highest BCUT2D eigenvalue weighted by Crippen LogP contribution is 2.27. The number of fused-ring (bicyclic) bond motifs is 1. The molecule has 84 valence electrons. The molecule has 0 saturated carbocycles. The first-order valence-corrected chi connectivity index (χ1v) is 6.14. The van der Waals surface area contributed by atoms with Gasteiger partial charge in [-0.3, -0.25) is 4.55 Å². The molecule has 0 atom stereocenters. The zero-order valence-electron chi connectivity index (χ0n) is 8.64. The minimum absolute atomic E-state index is 0.101. The van der Waals surface area contributed by atoms with Crippen LogP contribution in [0.4, 0.5) is 5.69 Å². The van der Waals surface area contributed by atoms with Crippen LogP contribution in [0.1, 0.15) is 0 Å². The molecular weight excluding hydrogens is 226 g/mol. The molecule has 0 heterocycles. The van der Waals surface area contributed by atoms with Crippen LogP contribution in [-0.4, -0.2) is 20.0 Å². The van der Waals surface area contributed by atoms with E-state index < -0.39 is 10.1 Å². The van der Waals surface area contributed by atoms with Gasteiger partial charge in [-0.15, -0.1) is 0 Å². The Kier molecular flexibility index (Phi) is 2.57. The van der Waals surface area contributed by atoms with Gasteiger partial charge in [0.1, 0.15) is 0 Å². The molecule has 0 amide bonds. The monoisotopic (exact) mass is 237 g/mol. The number of anilines is 1. The topological polar surface area (TPSA) is 66.4 Å². The second-order valence-corrected chi connectivity index (χ2v) is 4.84. The van der Waals surface area contributed by atoms with Gasteiger partial charge in [0.25, 0.3) is 10.1 Å². The van der Waals surface area contributed by atoms with E-state index in [4.69, 9.17) is 4.55 Å². The van der Waals surface area contributed by atoms with Crippen LogP contribution in [0.5, 0.6) is 0 Å². The molecule has 0 aromatic heterocycles. The van der Waals surface area contributed by atoms with E-state index in [2.05, 4.69) is 5.32 Å². The Morgan fingerprint density at radius 1 is 1.19 bits per heavy atom. The van der Waals surface area contributed by atoms with Gasteiger partial charge < -0.3 is 5.32 Å². The van der Waals surface area contributed by atoms with Crippen molar-refractivity contribution in [3.8, 4) is 0 Å². The summed E-state index contributed by atoms with van der Waals surface area (Å²) in [6.07, 6.45) is 0. The van der Waals surface area contributed by atoms with Crippen molar-refractivity contribution in [1.29, 1.82) is 0 Å². The van der Waals surface area contributed by atoms with Crippen LogP contribution < -0.4 is 5.32 Å². The third-order valence-corrected chi connectivity index (χ3v) is 3.23. The highest BCUT2D eigenvalue weighted by molar-refractivity contribution is 7.85. The fourth-order valence-electron chi connectivity index (χ4n) is 1.64. The van der Waals surface area contributed by atoms with E-state index in [9.17, 15) is 8.42 Å². The van der Waals surface area contributed by atoms with E-state index in [0.29, 0.717) is 5.69 Å². The number of nitrogens with one attached hydrogen (secondary N) is 1. The van der Waals surface area contributed by atoms with Crippen molar-refractivity contribution in [2.24, 2.45) is 0 Å². The van der Waals surface area contributed by atoms with E-state index in [1.54, 1.807) is 13.1 Å².